The molecule has 1 heterocycles. The molecule has 1 saturated carbocycles. The number of hydrogen-bond donors (Lipinski definition) is 1. The van der Waals surface area contributed by atoms with Crippen molar-refractivity contribution in [1.82, 2.24) is 4.90 Å². The molecule has 1 N–H and O–H groups in total. The fourth-order valence-corrected chi connectivity index (χ4v) is 5.68. The van der Waals surface area contributed by atoms with Crippen molar-refractivity contribution < 1.29 is 22.4 Å². The highest BCUT2D eigenvalue weighted by molar-refractivity contribution is 7.92. The molecule has 0 atom stereocenters. The summed E-state index contributed by atoms with van der Waals surface area (Å²) < 4.78 is 39.1. The van der Waals surface area contributed by atoms with Gasteiger partial charge in [-0.05, 0) is 66.9 Å². The topological polar surface area (TPSA) is 92.1 Å². The van der Waals surface area contributed by atoms with Gasteiger partial charge in [-0.3, -0.25) is 9.52 Å². The van der Waals surface area contributed by atoms with Gasteiger partial charge in [0.2, 0.25) is 0 Å². The van der Waals surface area contributed by atoms with Gasteiger partial charge in [-0.25, -0.2) is 8.42 Å². The highest BCUT2D eigenvalue weighted by Gasteiger charge is 2.29. The molecule has 0 unspecified atom stereocenters. The molecule has 1 aromatic heterocycles. The summed E-state index contributed by atoms with van der Waals surface area (Å²) in [6, 6.07) is 15.2. The average molecular weight is 512 g/mol. The summed E-state index contributed by atoms with van der Waals surface area (Å²) in [5.41, 5.74) is 2.20. The third-order valence-corrected chi connectivity index (χ3v) is 7.94. The first-order valence-electron chi connectivity index (χ1n) is 12.1. The first-order chi connectivity index (χ1) is 17.3. The van der Waals surface area contributed by atoms with E-state index < -0.39 is 10.0 Å². The average Bonchev–Trinajstić information content (AvgIpc) is 3.43. The Morgan fingerprint density at radius 1 is 1.06 bits per heavy atom. The van der Waals surface area contributed by atoms with Gasteiger partial charge in [-0.15, -0.1) is 0 Å². The Morgan fingerprint density at radius 3 is 2.39 bits per heavy atom. The maximum atomic E-state index is 13.4. The van der Waals surface area contributed by atoms with Crippen molar-refractivity contribution in [3.05, 3.63) is 72.2 Å². The first kappa shape index (κ1) is 25.6. The van der Waals surface area contributed by atoms with Gasteiger partial charge in [0.05, 0.1) is 24.0 Å². The molecule has 1 aliphatic carbocycles. The van der Waals surface area contributed by atoms with Crippen LogP contribution in [0.5, 0.6) is 5.75 Å². The normalized spacial score (nSPS) is 14.3. The lowest BCUT2D eigenvalue weighted by Gasteiger charge is -2.35. The standard InChI is InChI=1S/C27H33N3O5S/c1-29(2)25-18-21(28-36(32,33)24-15-13-23(34-3)14-16-24)12-11-20(25)19-30(22-8-5-4-6-9-22)27(31)26-10-7-17-35-26/h7,10-18,22,28H,4-6,8-9,19H2,1-3H3. The minimum Gasteiger partial charge on any atom is -0.497 e. The van der Waals surface area contributed by atoms with Crippen molar-refractivity contribution in [3.63, 3.8) is 0 Å². The highest BCUT2D eigenvalue weighted by Crippen LogP contribution is 2.31. The molecule has 0 saturated heterocycles. The van der Waals surface area contributed by atoms with Crippen molar-refractivity contribution in [2.45, 2.75) is 49.6 Å². The molecule has 8 nitrogen and oxygen atoms in total. The number of carbonyl (C=O) groups is 1. The summed E-state index contributed by atoms with van der Waals surface area (Å²) in [5.74, 6) is 0.788. The third-order valence-electron chi connectivity index (χ3n) is 6.54. The molecule has 9 heteroatoms. The number of furan rings is 1. The quantitative estimate of drug-likeness (QED) is 0.428. The molecule has 0 spiro atoms. The smallest absolute Gasteiger partial charge is 0.290 e. The molecule has 1 aliphatic rings. The van der Waals surface area contributed by atoms with E-state index in [2.05, 4.69) is 4.72 Å². The van der Waals surface area contributed by atoms with Gasteiger partial charge in [0.15, 0.2) is 5.76 Å². The van der Waals surface area contributed by atoms with Gasteiger partial charge in [0, 0.05) is 32.4 Å². The predicted octanol–water partition coefficient (Wildman–Crippen LogP) is 5.13. The zero-order chi connectivity index (χ0) is 25.7. The van der Waals surface area contributed by atoms with E-state index in [1.165, 1.54) is 31.9 Å². The van der Waals surface area contributed by atoms with E-state index in [1.807, 2.05) is 30.0 Å². The van der Waals surface area contributed by atoms with Crippen molar-refractivity contribution in [2.24, 2.45) is 0 Å². The lowest BCUT2D eigenvalue weighted by Crippen LogP contribution is -2.41. The number of amides is 1. The largest absolute Gasteiger partial charge is 0.497 e. The second kappa shape index (κ2) is 11.1. The number of carbonyl (C=O) groups excluding carboxylic acids is 1. The molecule has 0 bridgehead atoms. The van der Waals surface area contributed by atoms with Crippen LogP contribution < -0.4 is 14.4 Å². The Kier molecular flexibility index (Phi) is 7.88. The van der Waals surface area contributed by atoms with E-state index in [0.717, 1.165) is 36.9 Å². The SMILES string of the molecule is COc1ccc(S(=O)(=O)Nc2ccc(CN(C(=O)c3ccco3)C3CCCCC3)c(N(C)C)c2)cc1. The molecular weight excluding hydrogens is 478 g/mol. The lowest BCUT2D eigenvalue weighted by molar-refractivity contribution is 0.0582. The number of benzene rings is 2. The fraction of sp³-hybridized carbons (Fsp3) is 0.370. The second-order valence-electron chi connectivity index (χ2n) is 9.22. The Labute approximate surface area is 212 Å². The Bertz CT molecular complexity index is 1270. The monoisotopic (exact) mass is 511 g/mol. The molecular formula is C27H33N3O5S. The van der Waals surface area contributed by atoms with Crippen LogP contribution in [0.3, 0.4) is 0 Å². The molecule has 192 valence electrons. The molecule has 3 aromatic rings. The zero-order valence-corrected chi connectivity index (χ0v) is 21.8. The molecule has 1 amide bonds. The van der Waals surface area contributed by atoms with Gasteiger partial charge >= 0.3 is 0 Å². The second-order valence-corrected chi connectivity index (χ2v) is 10.9. The van der Waals surface area contributed by atoms with Crippen LogP contribution in [0, 0.1) is 0 Å². The maximum Gasteiger partial charge on any atom is 0.290 e. The van der Waals surface area contributed by atoms with Gasteiger partial charge in [0.25, 0.3) is 15.9 Å². The number of anilines is 2. The van der Waals surface area contributed by atoms with Crippen molar-refractivity contribution >= 4 is 27.3 Å². The Hall–Kier alpha value is -3.46. The van der Waals surface area contributed by atoms with Crippen LogP contribution in [0.1, 0.15) is 48.2 Å². The predicted molar refractivity (Wildman–Crippen MR) is 140 cm³/mol. The summed E-state index contributed by atoms with van der Waals surface area (Å²) >= 11 is 0. The van der Waals surface area contributed by atoms with Crippen molar-refractivity contribution in [3.8, 4) is 5.75 Å². The van der Waals surface area contributed by atoms with Crippen molar-refractivity contribution in [1.29, 1.82) is 0 Å². The zero-order valence-electron chi connectivity index (χ0n) is 20.9. The van der Waals surface area contributed by atoms with Crippen LogP contribution in [0.15, 0.2) is 70.2 Å². The first-order valence-corrected chi connectivity index (χ1v) is 13.6. The minimum absolute atomic E-state index is 0.124. The van der Waals surface area contributed by atoms with E-state index in [1.54, 1.807) is 36.4 Å². The molecule has 4 rings (SSSR count). The number of nitrogens with one attached hydrogen (secondary N) is 1. The molecule has 0 radical (unpaired) electrons. The van der Waals surface area contributed by atoms with Crippen LogP contribution in [0.25, 0.3) is 0 Å². The summed E-state index contributed by atoms with van der Waals surface area (Å²) in [5, 5.41) is 0. The number of methoxy groups -OCH3 is 1. The fourth-order valence-electron chi connectivity index (χ4n) is 4.63. The number of sulfonamides is 1. The number of hydrogen-bond acceptors (Lipinski definition) is 6. The van der Waals surface area contributed by atoms with E-state index in [-0.39, 0.29) is 16.8 Å². The summed E-state index contributed by atoms with van der Waals surface area (Å²) in [6.07, 6.45) is 6.82. The molecule has 1 fully saturated rings. The van der Waals surface area contributed by atoms with Gasteiger partial charge in [-0.1, -0.05) is 25.3 Å². The maximum absolute atomic E-state index is 13.4. The van der Waals surface area contributed by atoms with Crippen LogP contribution in [0.2, 0.25) is 0 Å². The number of ether oxygens (including phenoxy) is 1. The Morgan fingerprint density at radius 2 is 1.78 bits per heavy atom. The van der Waals surface area contributed by atoms with Crippen molar-refractivity contribution in [2.75, 3.05) is 30.8 Å². The molecule has 36 heavy (non-hydrogen) atoms. The van der Waals surface area contributed by atoms with Crippen LogP contribution in [0.4, 0.5) is 11.4 Å². The minimum atomic E-state index is -3.78. The highest BCUT2D eigenvalue weighted by atomic mass is 32.2. The Balaban J connectivity index is 1.60. The van der Waals surface area contributed by atoms with Gasteiger partial charge < -0.3 is 19.0 Å². The van der Waals surface area contributed by atoms with Gasteiger partial charge in [0.1, 0.15) is 5.75 Å². The summed E-state index contributed by atoms with van der Waals surface area (Å²) in [6.45, 7) is 0.406. The van der Waals surface area contributed by atoms with Gasteiger partial charge in [-0.2, -0.15) is 0 Å². The number of nitrogens with zero attached hydrogens (tertiary/aromatic N) is 2. The van der Waals surface area contributed by atoms with Crippen LogP contribution in [-0.4, -0.2) is 46.5 Å². The van der Waals surface area contributed by atoms with E-state index >= 15 is 0 Å². The van der Waals surface area contributed by atoms with E-state index in [0.29, 0.717) is 23.7 Å². The van der Waals surface area contributed by atoms with E-state index in [9.17, 15) is 13.2 Å². The number of rotatable bonds is 9. The lowest BCUT2D eigenvalue weighted by atomic mass is 9.93. The molecule has 0 aliphatic heterocycles. The third kappa shape index (κ3) is 5.84. The van der Waals surface area contributed by atoms with Crippen LogP contribution in [-0.2, 0) is 16.6 Å². The summed E-state index contributed by atoms with van der Waals surface area (Å²) in [4.78, 5) is 17.3. The van der Waals surface area contributed by atoms with Crippen LogP contribution >= 0.6 is 0 Å². The van der Waals surface area contributed by atoms with E-state index in [4.69, 9.17) is 9.15 Å². The molecule has 2 aromatic carbocycles. The summed E-state index contributed by atoms with van der Waals surface area (Å²) in [7, 11) is 1.56.